The summed E-state index contributed by atoms with van der Waals surface area (Å²) in [6, 6.07) is 13.3. The molecule has 0 amide bonds. The molecule has 0 radical (unpaired) electrons. The molecule has 0 saturated carbocycles. The van der Waals surface area contributed by atoms with Crippen LogP contribution in [0.5, 0.6) is 17.5 Å². The Morgan fingerprint density at radius 3 is 2.57 bits per heavy atom. The number of ether oxygens (including phenoxy) is 2. The lowest BCUT2D eigenvalue weighted by molar-refractivity contribution is -0.159. The standard InChI is InChI=1S/C21H18ClF2N3O3/c1-21(23,24)30-16-5-3-4-15(10-16)29-20-25-19-18(17(28)12-26(19)2)27(20)11-13-6-8-14(22)9-7-13/h3-10H,11-12H2,1-2H3. The Balaban J connectivity index is 1.69. The molecule has 0 fully saturated rings. The third-order valence-corrected chi connectivity index (χ3v) is 4.74. The molecule has 9 heteroatoms. The Labute approximate surface area is 176 Å². The molecule has 1 aromatic heterocycles. The van der Waals surface area contributed by atoms with E-state index in [2.05, 4.69) is 9.72 Å². The molecule has 0 bridgehead atoms. The number of anilines is 1. The van der Waals surface area contributed by atoms with Crippen molar-refractivity contribution in [1.82, 2.24) is 9.55 Å². The van der Waals surface area contributed by atoms with Gasteiger partial charge >= 0.3 is 12.1 Å². The molecular weight excluding hydrogens is 416 g/mol. The average molecular weight is 434 g/mol. The van der Waals surface area contributed by atoms with Gasteiger partial charge in [0.2, 0.25) is 5.78 Å². The molecule has 0 aliphatic carbocycles. The third-order valence-electron chi connectivity index (χ3n) is 4.49. The van der Waals surface area contributed by atoms with Crippen LogP contribution in [-0.4, -0.2) is 35.0 Å². The molecule has 156 valence electrons. The summed E-state index contributed by atoms with van der Waals surface area (Å²) in [7, 11) is 1.77. The summed E-state index contributed by atoms with van der Waals surface area (Å²) < 4.78 is 38.5. The highest BCUT2D eigenvalue weighted by atomic mass is 35.5. The Morgan fingerprint density at radius 2 is 1.87 bits per heavy atom. The molecule has 0 spiro atoms. The number of hydrogen-bond donors (Lipinski definition) is 0. The minimum absolute atomic E-state index is 0.0449. The van der Waals surface area contributed by atoms with Crippen molar-refractivity contribution in [1.29, 1.82) is 0 Å². The highest BCUT2D eigenvalue weighted by Gasteiger charge is 2.33. The molecular formula is C21H18ClF2N3O3. The fraction of sp³-hybridized carbons (Fsp3) is 0.238. The van der Waals surface area contributed by atoms with Crippen LogP contribution in [0.4, 0.5) is 14.6 Å². The van der Waals surface area contributed by atoms with Crippen molar-refractivity contribution in [3.8, 4) is 17.5 Å². The van der Waals surface area contributed by atoms with E-state index in [9.17, 15) is 13.6 Å². The average Bonchev–Trinajstić information content (AvgIpc) is 3.14. The molecule has 4 rings (SSSR count). The number of carbonyl (C=O) groups is 1. The molecule has 0 N–H and O–H groups in total. The maximum Gasteiger partial charge on any atom is 0.394 e. The number of alkyl halides is 2. The number of imidazole rings is 1. The second-order valence-corrected chi connectivity index (χ2v) is 7.48. The number of rotatable bonds is 6. The fourth-order valence-corrected chi connectivity index (χ4v) is 3.36. The molecule has 30 heavy (non-hydrogen) atoms. The molecule has 1 aliphatic rings. The summed E-state index contributed by atoms with van der Waals surface area (Å²) in [6.45, 7) is 1.22. The van der Waals surface area contributed by atoms with E-state index in [1.54, 1.807) is 34.7 Å². The summed E-state index contributed by atoms with van der Waals surface area (Å²) in [5, 5.41) is 0.603. The largest absolute Gasteiger partial charge is 0.433 e. The zero-order chi connectivity index (χ0) is 21.5. The van der Waals surface area contributed by atoms with Gasteiger partial charge in [0.15, 0.2) is 5.82 Å². The lowest BCUT2D eigenvalue weighted by atomic mass is 10.2. The number of ketones is 1. The summed E-state index contributed by atoms with van der Waals surface area (Å²) in [5.74, 6) is 0.646. The predicted octanol–water partition coefficient (Wildman–Crippen LogP) is 5.00. The van der Waals surface area contributed by atoms with Gasteiger partial charge in [-0.3, -0.25) is 9.36 Å². The number of aromatic nitrogens is 2. The molecule has 0 unspecified atom stereocenters. The van der Waals surface area contributed by atoms with Crippen molar-refractivity contribution >= 4 is 23.2 Å². The Hall–Kier alpha value is -3.13. The quantitative estimate of drug-likeness (QED) is 0.547. The van der Waals surface area contributed by atoms with E-state index in [1.807, 2.05) is 12.1 Å². The number of carbonyl (C=O) groups excluding carboxylic acids is 1. The van der Waals surface area contributed by atoms with E-state index in [1.165, 1.54) is 18.2 Å². The van der Waals surface area contributed by atoms with Gasteiger partial charge in [-0.1, -0.05) is 29.8 Å². The van der Waals surface area contributed by atoms with Crippen LogP contribution in [0, 0.1) is 0 Å². The van der Waals surface area contributed by atoms with Crippen molar-refractivity contribution in [3.63, 3.8) is 0 Å². The van der Waals surface area contributed by atoms with Gasteiger partial charge in [0.05, 0.1) is 13.1 Å². The van der Waals surface area contributed by atoms with Gasteiger partial charge in [-0.05, 0) is 29.8 Å². The van der Waals surface area contributed by atoms with E-state index in [-0.39, 0.29) is 29.8 Å². The van der Waals surface area contributed by atoms with Gasteiger partial charge in [-0.25, -0.2) is 0 Å². The molecule has 0 atom stereocenters. The van der Waals surface area contributed by atoms with Crippen molar-refractivity contribution < 1.29 is 23.0 Å². The smallest absolute Gasteiger partial charge is 0.394 e. The van der Waals surface area contributed by atoms with Gasteiger partial charge in [0, 0.05) is 25.1 Å². The SMILES string of the molecule is CN1CC(=O)c2c1nc(Oc1cccc(OC(C)(F)F)c1)n2Cc1ccc(Cl)cc1. The van der Waals surface area contributed by atoms with E-state index in [0.29, 0.717) is 30.0 Å². The van der Waals surface area contributed by atoms with Crippen LogP contribution in [0.1, 0.15) is 23.0 Å². The van der Waals surface area contributed by atoms with Crippen LogP contribution < -0.4 is 14.4 Å². The number of hydrogen-bond acceptors (Lipinski definition) is 5. The van der Waals surface area contributed by atoms with Gasteiger partial charge in [0.1, 0.15) is 17.2 Å². The molecule has 0 saturated heterocycles. The number of halogens is 3. The molecule has 3 aromatic rings. The minimum atomic E-state index is -3.32. The number of Topliss-reactive ketones (excluding diaryl/α,β-unsaturated/α-hetero) is 1. The monoisotopic (exact) mass is 433 g/mol. The van der Waals surface area contributed by atoms with Gasteiger partial charge in [-0.15, -0.1) is 0 Å². The Morgan fingerprint density at radius 1 is 1.17 bits per heavy atom. The van der Waals surface area contributed by atoms with Crippen molar-refractivity contribution in [3.05, 3.63) is 64.8 Å². The first kappa shape index (κ1) is 20.2. The molecule has 1 aliphatic heterocycles. The van der Waals surface area contributed by atoms with E-state index in [0.717, 1.165) is 5.56 Å². The van der Waals surface area contributed by atoms with Crippen molar-refractivity contribution in [2.24, 2.45) is 0 Å². The normalized spacial score (nSPS) is 13.5. The van der Waals surface area contributed by atoms with Crippen LogP contribution in [0.3, 0.4) is 0 Å². The summed E-state index contributed by atoms with van der Waals surface area (Å²) in [5.41, 5.74) is 1.34. The van der Waals surface area contributed by atoms with Crippen LogP contribution in [0.15, 0.2) is 48.5 Å². The molecule has 2 heterocycles. The second kappa shape index (κ2) is 7.60. The first-order chi connectivity index (χ1) is 14.2. The topological polar surface area (TPSA) is 56.6 Å². The minimum Gasteiger partial charge on any atom is -0.433 e. The van der Waals surface area contributed by atoms with Crippen LogP contribution in [-0.2, 0) is 6.54 Å². The number of nitrogens with zero attached hydrogens (tertiary/aromatic N) is 3. The second-order valence-electron chi connectivity index (χ2n) is 7.05. The van der Waals surface area contributed by atoms with Crippen molar-refractivity contribution in [2.45, 2.75) is 19.6 Å². The van der Waals surface area contributed by atoms with Crippen LogP contribution >= 0.6 is 11.6 Å². The maximum absolute atomic E-state index is 13.2. The zero-order valence-corrected chi connectivity index (χ0v) is 17.0. The maximum atomic E-state index is 13.2. The fourth-order valence-electron chi connectivity index (χ4n) is 3.24. The first-order valence-corrected chi connectivity index (χ1v) is 9.51. The Bertz CT molecular complexity index is 1090. The predicted molar refractivity (Wildman–Crippen MR) is 108 cm³/mol. The zero-order valence-electron chi connectivity index (χ0n) is 16.2. The first-order valence-electron chi connectivity index (χ1n) is 9.14. The van der Waals surface area contributed by atoms with Gasteiger partial charge < -0.3 is 14.4 Å². The highest BCUT2D eigenvalue weighted by molar-refractivity contribution is 6.30. The number of fused-ring (bicyclic) bond motifs is 1. The molecule has 6 nitrogen and oxygen atoms in total. The Kier molecular flexibility index (Phi) is 5.11. The summed E-state index contributed by atoms with van der Waals surface area (Å²) in [4.78, 5) is 18.7. The van der Waals surface area contributed by atoms with E-state index in [4.69, 9.17) is 16.3 Å². The molecule has 2 aromatic carbocycles. The van der Waals surface area contributed by atoms with E-state index >= 15 is 0 Å². The van der Waals surface area contributed by atoms with E-state index < -0.39 is 6.11 Å². The summed E-state index contributed by atoms with van der Waals surface area (Å²) >= 11 is 5.96. The van der Waals surface area contributed by atoms with Crippen LogP contribution in [0.2, 0.25) is 5.02 Å². The lowest BCUT2D eigenvalue weighted by Gasteiger charge is -2.14. The van der Waals surface area contributed by atoms with Crippen LogP contribution in [0.25, 0.3) is 0 Å². The van der Waals surface area contributed by atoms with Gasteiger partial charge in [-0.2, -0.15) is 13.8 Å². The number of likely N-dealkylation sites (N-methyl/N-ethyl adjacent to an activating group) is 1. The highest BCUT2D eigenvalue weighted by Crippen LogP contribution is 2.34. The summed E-state index contributed by atoms with van der Waals surface area (Å²) in [6.07, 6.45) is -3.32. The third kappa shape index (κ3) is 4.23. The lowest BCUT2D eigenvalue weighted by Crippen LogP contribution is -2.19. The van der Waals surface area contributed by atoms with Crippen molar-refractivity contribution in [2.75, 3.05) is 18.5 Å². The van der Waals surface area contributed by atoms with Gasteiger partial charge in [0.25, 0.3) is 0 Å². The number of benzene rings is 2.